The van der Waals surface area contributed by atoms with Gasteiger partial charge < -0.3 is 5.32 Å². The van der Waals surface area contributed by atoms with E-state index < -0.39 is 11.6 Å². The summed E-state index contributed by atoms with van der Waals surface area (Å²) in [4.78, 5) is 0. The van der Waals surface area contributed by atoms with E-state index in [0.717, 1.165) is 23.4 Å². The van der Waals surface area contributed by atoms with E-state index in [1.165, 1.54) is 12.1 Å². The summed E-state index contributed by atoms with van der Waals surface area (Å²) in [5, 5.41) is 11.7. The molecule has 0 unspecified atom stereocenters. The second-order valence-corrected chi connectivity index (χ2v) is 5.99. The van der Waals surface area contributed by atoms with Gasteiger partial charge in [-0.25, -0.2) is 13.5 Å². The van der Waals surface area contributed by atoms with Crippen LogP contribution in [0.15, 0.2) is 54.7 Å². The Morgan fingerprint density at radius 2 is 1.92 bits per heavy atom. The molecule has 1 aliphatic carbocycles. The van der Waals surface area contributed by atoms with E-state index in [1.54, 1.807) is 10.7 Å². The van der Waals surface area contributed by atoms with Crippen LogP contribution in [0.3, 0.4) is 0 Å². The van der Waals surface area contributed by atoms with Gasteiger partial charge in [0.2, 0.25) is 0 Å². The molecule has 0 radical (unpaired) electrons. The van der Waals surface area contributed by atoms with E-state index in [9.17, 15) is 8.78 Å². The van der Waals surface area contributed by atoms with E-state index in [0.29, 0.717) is 6.54 Å². The quantitative estimate of drug-likeness (QED) is 0.783. The molecule has 4 rings (SSSR count). The molecule has 1 N–H and O–H groups in total. The van der Waals surface area contributed by atoms with Crippen LogP contribution in [-0.2, 0) is 6.54 Å². The van der Waals surface area contributed by atoms with Gasteiger partial charge in [-0.15, -0.1) is 5.10 Å². The van der Waals surface area contributed by atoms with Crippen LogP contribution in [0.2, 0.25) is 0 Å². The third-order valence-corrected chi connectivity index (χ3v) is 4.27. The molecule has 2 aromatic carbocycles. The van der Waals surface area contributed by atoms with Gasteiger partial charge in [0.15, 0.2) is 11.6 Å². The van der Waals surface area contributed by atoms with Crippen molar-refractivity contribution in [3.05, 3.63) is 77.6 Å². The van der Waals surface area contributed by atoms with Crippen LogP contribution in [0.1, 0.15) is 23.6 Å². The van der Waals surface area contributed by atoms with Crippen LogP contribution in [0, 0.1) is 11.6 Å². The molecular formula is C18H16F2N4. The molecule has 1 aliphatic rings. The minimum Gasteiger partial charge on any atom is -0.308 e. The van der Waals surface area contributed by atoms with Crippen LogP contribution >= 0.6 is 0 Å². The largest absolute Gasteiger partial charge is 0.308 e. The van der Waals surface area contributed by atoms with Crippen molar-refractivity contribution in [1.29, 1.82) is 0 Å². The predicted molar refractivity (Wildman–Crippen MR) is 85.7 cm³/mol. The van der Waals surface area contributed by atoms with Crippen LogP contribution in [-0.4, -0.2) is 21.0 Å². The van der Waals surface area contributed by atoms with E-state index in [-0.39, 0.29) is 12.0 Å². The molecule has 1 heterocycles. The maximum atomic E-state index is 13.3. The normalized spacial score (nSPS) is 19.4. The minimum atomic E-state index is -0.804. The fourth-order valence-electron chi connectivity index (χ4n) is 2.85. The molecule has 1 saturated carbocycles. The first kappa shape index (κ1) is 15.0. The van der Waals surface area contributed by atoms with Gasteiger partial charge in [-0.2, -0.15) is 0 Å². The van der Waals surface area contributed by atoms with Crippen molar-refractivity contribution >= 4 is 0 Å². The maximum absolute atomic E-state index is 13.3. The Bertz CT molecular complexity index is 847. The van der Waals surface area contributed by atoms with Crippen LogP contribution in [0.25, 0.3) is 5.69 Å². The molecule has 0 saturated heterocycles. The summed E-state index contributed by atoms with van der Waals surface area (Å²) in [5.41, 5.74) is 2.64. The molecule has 4 nitrogen and oxygen atoms in total. The first-order valence-corrected chi connectivity index (χ1v) is 7.86. The van der Waals surface area contributed by atoms with Crippen molar-refractivity contribution in [3.8, 4) is 5.69 Å². The summed E-state index contributed by atoms with van der Waals surface area (Å²) in [6.07, 6.45) is 2.80. The second-order valence-electron chi connectivity index (χ2n) is 5.99. The second kappa shape index (κ2) is 6.13. The highest BCUT2D eigenvalue weighted by Crippen LogP contribution is 2.41. The lowest BCUT2D eigenvalue weighted by atomic mass is 10.1. The molecule has 0 bridgehead atoms. The maximum Gasteiger partial charge on any atom is 0.159 e. The van der Waals surface area contributed by atoms with Crippen molar-refractivity contribution in [2.24, 2.45) is 0 Å². The van der Waals surface area contributed by atoms with Gasteiger partial charge in [0.25, 0.3) is 0 Å². The van der Waals surface area contributed by atoms with Gasteiger partial charge in [0, 0.05) is 18.5 Å². The lowest BCUT2D eigenvalue weighted by Crippen LogP contribution is -2.17. The summed E-state index contributed by atoms with van der Waals surface area (Å²) in [6, 6.07) is 14.2. The van der Waals surface area contributed by atoms with Crippen molar-refractivity contribution in [3.63, 3.8) is 0 Å². The molecule has 1 aromatic heterocycles. The number of aromatic nitrogens is 3. The molecule has 122 valence electrons. The Labute approximate surface area is 138 Å². The zero-order chi connectivity index (χ0) is 16.5. The monoisotopic (exact) mass is 326 g/mol. The third-order valence-electron chi connectivity index (χ3n) is 4.27. The standard InChI is InChI=1S/C18H16F2N4/c19-16-7-6-12(8-17(16)20)15-9-18(15)21-10-13-11-24(23-22-13)14-4-2-1-3-5-14/h1-8,11,15,18,21H,9-10H2/t15-,18+/m0/s1. The molecule has 0 aliphatic heterocycles. The Kier molecular flexibility index (Phi) is 3.82. The van der Waals surface area contributed by atoms with E-state index >= 15 is 0 Å². The number of benzene rings is 2. The number of nitrogens with zero attached hydrogens (tertiary/aromatic N) is 3. The first-order valence-electron chi connectivity index (χ1n) is 7.86. The summed E-state index contributed by atoms with van der Waals surface area (Å²) in [5.74, 6) is -1.37. The van der Waals surface area contributed by atoms with Gasteiger partial charge in [-0.05, 0) is 36.2 Å². The number of hydrogen-bond donors (Lipinski definition) is 1. The molecule has 0 amide bonds. The van der Waals surface area contributed by atoms with Crippen LogP contribution in [0.4, 0.5) is 8.78 Å². The average molecular weight is 326 g/mol. The molecular weight excluding hydrogens is 310 g/mol. The van der Waals surface area contributed by atoms with E-state index in [1.807, 2.05) is 36.5 Å². The third kappa shape index (κ3) is 3.05. The summed E-state index contributed by atoms with van der Waals surface area (Å²) >= 11 is 0. The van der Waals surface area contributed by atoms with E-state index in [2.05, 4.69) is 15.6 Å². The Hall–Kier alpha value is -2.60. The molecule has 6 heteroatoms. The number of halogens is 2. The first-order chi connectivity index (χ1) is 11.7. The zero-order valence-electron chi connectivity index (χ0n) is 12.9. The van der Waals surface area contributed by atoms with Gasteiger partial charge >= 0.3 is 0 Å². The van der Waals surface area contributed by atoms with Gasteiger partial charge in [-0.1, -0.05) is 29.5 Å². The van der Waals surface area contributed by atoms with Crippen molar-refractivity contribution in [2.75, 3.05) is 0 Å². The van der Waals surface area contributed by atoms with Crippen molar-refractivity contribution in [2.45, 2.75) is 24.9 Å². The Morgan fingerprint density at radius 3 is 2.71 bits per heavy atom. The van der Waals surface area contributed by atoms with Gasteiger partial charge in [0.05, 0.1) is 17.6 Å². The van der Waals surface area contributed by atoms with Crippen LogP contribution < -0.4 is 5.32 Å². The fraction of sp³-hybridized carbons (Fsp3) is 0.222. The molecule has 0 spiro atoms. The van der Waals surface area contributed by atoms with Crippen LogP contribution in [0.5, 0.6) is 0 Å². The molecule has 1 fully saturated rings. The lowest BCUT2D eigenvalue weighted by molar-refractivity contribution is 0.506. The zero-order valence-corrected chi connectivity index (χ0v) is 12.9. The number of para-hydroxylation sites is 1. The highest BCUT2D eigenvalue weighted by atomic mass is 19.2. The van der Waals surface area contributed by atoms with Crippen molar-refractivity contribution < 1.29 is 8.78 Å². The molecule has 3 aromatic rings. The Balaban J connectivity index is 1.35. The lowest BCUT2D eigenvalue weighted by Gasteiger charge is -2.03. The SMILES string of the molecule is Fc1ccc([C@@H]2C[C@H]2NCc2cn(-c3ccccc3)nn2)cc1F. The highest BCUT2D eigenvalue weighted by molar-refractivity contribution is 5.30. The van der Waals surface area contributed by atoms with E-state index in [4.69, 9.17) is 0 Å². The van der Waals surface area contributed by atoms with Gasteiger partial charge in [-0.3, -0.25) is 0 Å². The summed E-state index contributed by atoms with van der Waals surface area (Å²) in [6.45, 7) is 0.595. The Morgan fingerprint density at radius 1 is 1.08 bits per heavy atom. The minimum absolute atomic E-state index is 0.226. The summed E-state index contributed by atoms with van der Waals surface area (Å²) < 4.78 is 28.0. The number of hydrogen-bond acceptors (Lipinski definition) is 3. The average Bonchev–Trinajstić information content (AvgIpc) is 3.23. The number of nitrogens with one attached hydrogen (secondary N) is 1. The fourth-order valence-corrected chi connectivity index (χ4v) is 2.85. The smallest absolute Gasteiger partial charge is 0.159 e. The number of rotatable bonds is 5. The molecule has 2 atom stereocenters. The summed E-state index contributed by atoms with van der Waals surface area (Å²) in [7, 11) is 0. The predicted octanol–water partition coefficient (Wildman–Crippen LogP) is 3.19. The topological polar surface area (TPSA) is 42.7 Å². The van der Waals surface area contributed by atoms with Crippen molar-refractivity contribution in [1.82, 2.24) is 20.3 Å². The highest BCUT2D eigenvalue weighted by Gasteiger charge is 2.38. The molecule has 24 heavy (non-hydrogen) atoms. The van der Waals surface area contributed by atoms with Gasteiger partial charge in [0.1, 0.15) is 0 Å².